The molecule has 0 atom stereocenters. The van der Waals surface area contributed by atoms with Gasteiger partial charge in [0.15, 0.2) is 0 Å². The standard InChI is InChI=1S/C12H9F6IO2/c1-2-21-9(20)5-6-3-7(11(13,14)15)10(19)8(4-6)12(16,17)18/h3-4H,2,5H2,1H3. The van der Waals surface area contributed by atoms with E-state index in [-0.39, 0.29) is 6.61 Å². The molecule has 0 N–H and O–H groups in total. The van der Waals surface area contributed by atoms with Gasteiger partial charge in [0, 0.05) is 3.57 Å². The summed E-state index contributed by atoms with van der Waals surface area (Å²) in [5, 5.41) is 0. The number of hydrogen-bond acceptors (Lipinski definition) is 2. The number of carbonyl (C=O) groups excluding carboxylic acids is 1. The monoisotopic (exact) mass is 426 g/mol. The van der Waals surface area contributed by atoms with Gasteiger partial charge in [0.1, 0.15) is 0 Å². The van der Waals surface area contributed by atoms with Crippen LogP contribution in [0.1, 0.15) is 23.6 Å². The second-order valence-corrected chi connectivity index (χ2v) is 5.06. The van der Waals surface area contributed by atoms with Gasteiger partial charge in [-0.25, -0.2) is 0 Å². The topological polar surface area (TPSA) is 26.3 Å². The number of ether oxygens (including phenoxy) is 1. The van der Waals surface area contributed by atoms with Crippen molar-refractivity contribution >= 4 is 28.6 Å². The van der Waals surface area contributed by atoms with E-state index < -0.39 is 45.0 Å². The Morgan fingerprint density at radius 3 is 1.86 bits per heavy atom. The maximum atomic E-state index is 12.8. The Balaban J connectivity index is 3.37. The molecule has 0 saturated heterocycles. The fourth-order valence-electron chi connectivity index (χ4n) is 1.58. The van der Waals surface area contributed by atoms with Crippen LogP contribution >= 0.6 is 22.6 Å². The first-order chi connectivity index (χ1) is 9.46. The highest BCUT2D eigenvalue weighted by molar-refractivity contribution is 14.1. The maximum absolute atomic E-state index is 12.8. The van der Waals surface area contributed by atoms with E-state index in [0.717, 1.165) is 22.6 Å². The van der Waals surface area contributed by atoms with E-state index in [1.54, 1.807) is 0 Å². The summed E-state index contributed by atoms with van der Waals surface area (Å²) in [5.41, 5.74) is -3.23. The van der Waals surface area contributed by atoms with Crippen LogP contribution in [0.3, 0.4) is 0 Å². The number of halogens is 7. The van der Waals surface area contributed by atoms with Crippen LogP contribution < -0.4 is 0 Å². The Hall–Kier alpha value is -1.00. The molecule has 0 aliphatic carbocycles. The van der Waals surface area contributed by atoms with Gasteiger partial charge >= 0.3 is 18.3 Å². The summed E-state index contributed by atoms with van der Waals surface area (Å²) in [5.74, 6) is -0.889. The molecule has 0 radical (unpaired) electrons. The lowest BCUT2D eigenvalue weighted by molar-refractivity contribution is -0.146. The molecule has 0 heterocycles. The van der Waals surface area contributed by atoms with Crippen molar-refractivity contribution in [2.75, 3.05) is 6.61 Å². The molecule has 0 saturated carbocycles. The van der Waals surface area contributed by atoms with E-state index in [1.807, 2.05) is 0 Å². The third-order valence-corrected chi connectivity index (χ3v) is 3.56. The number of benzene rings is 1. The van der Waals surface area contributed by atoms with Crippen molar-refractivity contribution in [3.05, 3.63) is 32.4 Å². The van der Waals surface area contributed by atoms with Crippen molar-refractivity contribution in [2.45, 2.75) is 25.7 Å². The van der Waals surface area contributed by atoms with Crippen molar-refractivity contribution in [3.8, 4) is 0 Å². The fraction of sp³-hybridized carbons (Fsp3) is 0.417. The van der Waals surface area contributed by atoms with E-state index in [9.17, 15) is 31.1 Å². The van der Waals surface area contributed by atoms with Gasteiger partial charge in [0.05, 0.1) is 24.2 Å². The van der Waals surface area contributed by atoms with Crippen molar-refractivity contribution in [2.24, 2.45) is 0 Å². The van der Waals surface area contributed by atoms with Gasteiger partial charge in [-0.2, -0.15) is 26.3 Å². The van der Waals surface area contributed by atoms with Gasteiger partial charge in [-0.15, -0.1) is 0 Å². The van der Waals surface area contributed by atoms with Crippen LogP contribution in [0.25, 0.3) is 0 Å². The van der Waals surface area contributed by atoms with E-state index in [2.05, 4.69) is 4.74 Å². The SMILES string of the molecule is CCOC(=O)Cc1cc(C(F)(F)F)c(I)c(C(F)(F)F)c1. The normalized spacial score (nSPS) is 12.4. The molecular weight excluding hydrogens is 417 g/mol. The Morgan fingerprint density at radius 1 is 1.10 bits per heavy atom. The zero-order chi connectivity index (χ0) is 16.4. The fourth-order valence-corrected chi connectivity index (χ4v) is 2.50. The maximum Gasteiger partial charge on any atom is 0.417 e. The summed E-state index contributed by atoms with van der Waals surface area (Å²) in [4.78, 5) is 11.2. The molecule has 2 nitrogen and oxygen atoms in total. The van der Waals surface area contributed by atoms with Crippen molar-refractivity contribution in [1.29, 1.82) is 0 Å². The van der Waals surface area contributed by atoms with Gasteiger partial charge in [-0.1, -0.05) is 0 Å². The Morgan fingerprint density at radius 2 is 1.52 bits per heavy atom. The Bertz CT molecular complexity index is 501. The molecule has 0 aliphatic heterocycles. The predicted octanol–water partition coefficient (Wildman–Crippen LogP) is 4.43. The number of hydrogen-bond donors (Lipinski definition) is 0. The molecular formula is C12H9F6IO2. The molecule has 0 spiro atoms. The summed E-state index contributed by atoms with van der Waals surface area (Å²) in [7, 11) is 0. The first kappa shape index (κ1) is 18.1. The minimum atomic E-state index is -4.94. The second-order valence-electron chi connectivity index (χ2n) is 3.98. The third-order valence-electron chi connectivity index (χ3n) is 2.40. The van der Waals surface area contributed by atoms with E-state index >= 15 is 0 Å². The molecule has 0 fully saturated rings. The van der Waals surface area contributed by atoms with Gasteiger partial charge < -0.3 is 4.74 Å². The molecule has 0 bridgehead atoms. The van der Waals surface area contributed by atoms with Gasteiger partial charge in [0.25, 0.3) is 0 Å². The molecule has 0 unspecified atom stereocenters. The van der Waals surface area contributed by atoms with Gasteiger partial charge in [-0.3, -0.25) is 4.79 Å². The first-order valence-electron chi connectivity index (χ1n) is 5.59. The summed E-state index contributed by atoms with van der Waals surface area (Å²) >= 11 is 1.00. The lowest BCUT2D eigenvalue weighted by Gasteiger charge is -2.17. The zero-order valence-corrected chi connectivity index (χ0v) is 12.7. The number of alkyl halides is 6. The number of rotatable bonds is 3. The highest BCUT2D eigenvalue weighted by Gasteiger charge is 2.40. The quantitative estimate of drug-likeness (QED) is 0.406. The van der Waals surface area contributed by atoms with E-state index in [1.165, 1.54) is 6.92 Å². The average Bonchev–Trinajstić information content (AvgIpc) is 2.28. The zero-order valence-electron chi connectivity index (χ0n) is 10.5. The van der Waals surface area contributed by atoms with Crippen LogP contribution in [0, 0.1) is 3.57 Å². The lowest BCUT2D eigenvalue weighted by Crippen LogP contribution is -2.17. The van der Waals surface area contributed by atoms with Crippen LogP contribution in [-0.4, -0.2) is 12.6 Å². The molecule has 0 aromatic heterocycles. The lowest BCUT2D eigenvalue weighted by atomic mass is 10.0. The van der Waals surface area contributed by atoms with E-state index in [0.29, 0.717) is 12.1 Å². The minimum Gasteiger partial charge on any atom is -0.466 e. The van der Waals surface area contributed by atoms with Crippen LogP contribution in [0.2, 0.25) is 0 Å². The van der Waals surface area contributed by atoms with Crippen molar-refractivity contribution in [3.63, 3.8) is 0 Å². The predicted molar refractivity (Wildman–Crippen MR) is 69.5 cm³/mol. The molecule has 1 aromatic rings. The highest BCUT2D eigenvalue weighted by Crippen LogP contribution is 2.40. The van der Waals surface area contributed by atoms with Crippen molar-refractivity contribution < 1.29 is 35.9 Å². The van der Waals surface area contributed by atoms with Gasteiger partial charge in [0.2, 0.25) is 0 Å². The van der Waals surface area contributed by atoms with Crippen LogP contribution in [0.5, 0.6) is 0 Å². The third kappa shape index (κ3) is 4.75. The smallest absolute Gasteiger partial charge is 0.417 e. The first-order valence-corrected chi connectivity index (χ1v) is 6.67. The molecule has 118 valence electrons. The molecule has 1 rings (SSSR count). The molecule has 9 heteroatoms. The minimum absolute atomic E-state index is 0.0124. The largest absolute Gasteiger partial charge is 0.466 e. The molecule has 0 amide bonds. The summed E-state index contributed by atoms with van der Waals surface area (Å²) < 4.78 is 80.3. The molecule has 0 aliphatic rings. The summed E-state index contributed by atoms with van der Waals surface area (Å²) in [6.45, 7) is 1.47. The molecule has 1 aromatic carbocycles. The Labute approximate surface area is 129 Å². The average molecular weight is 426 g/mol. The Kier molecular flexibility index (Phi) is 5.51. The van der Waals surface area contributed by atoms with Crippen molar-refractivity contribution in [1.82, 2.24) is 0 Å². The van der Waals surface area contributed by atoms with Crippen LogP contribution in [0.15, 0.2) is 12.1 Å². The second kappa shape index (κ2) is 6.41. The summed E-state index contributed by atoms with van der Waals surface area (Å²) in [6, 6.07) is 1.07. The number of esters is 1. The van der Waals surface area contributed by atoms with E-state index in [4.69, 9.17) is 0 Å². The van der Waals surface area contributed by atoms with Crippen LogP contribution in [0.4, 0.5) is 26.3 Å². The highest BCUT2D eigenvalue weighted by atomic mass is 127. The summed E-state index contributed by atoms with van der Waals surface area (Å²) in [6.07, 6.45) is -10.5. The molecule has 21 heavy (non-hydrogen) atoms. The van der Waals surface area contributed by atoms with Crippen LogP contribution in [-0.2, 0) is 28.3 Å². The number of carbonyl (C=O) groups is 1. The van der Waals surface area contributed by atoms with Gasteiger partial charge in [-0.05, 0) is 47.2 Å².